The molecular weight excluding hydrogens is 310 g/mol. The van der Waals surface area contributed by atoms with Crippen LogP contribution in [0.2, 0.25) is 0 Å². The van der Waals surface area contributed by atoms with E-state index in [0.717, 1.165) is 23.9 Å². The molecule has 0 amide bonds. The van der Waals surface area contributed by atoms with Gasteiger partial charge < -0.3 is 5.32 Å². The minimum atomic E-state index is -3.59. The van der Waals surface area contributed by atoms with E-state index >= 15 is 0 Å². The number of pyridine rings is 1. The third-order valence-corrected chi connectivity index (χ3v) is 6.76. The first-order valence-corrected chi connectivity index (χ1v) is 9.17. The van der Waals surface area contributed by atoms with Gasteiger partial charge in [0.2, 0.25) is 0 Å². The number of hydrogen-bond acceptors (Lipinski definition) is 5. The van der Waals surface area contributed by atoms with Crippen molar-refractivity contribution in [2.24, 2.45) is 0 Å². The molecule has 1 aliphatic rings. The van der Waals surface area contributed by atoms with E-state index in [-0.39, 0.29) is 0 Å². The quantitative estimate of drug-likeness (QED) is 0.899. The van der Waals surface area contributed by atoms with Crippen LogP contribution in [0.4, 0.5) is 0 Å². The van der Waals surface area contributed by atoms with Gasteiger partial charge in [-0.3, -0.25) is 10.3 Å². The van der Waals surface area contributed by atoms with Crippen molar-refractivity contribution in [2.75, 3.05) is 19.6 Å². The van der Waals surface area contributed by atoms with Gasteiger partial charge in [-0.15, -0.1) is 0 Å². The van der Waals surface area contributed by atoms with Crippen LogP contribution < -0.4 is 10.6 Å². The number of rotatable bonds is 3. The van der Waals surface area contributed by atoms with Crippen molar-refractivity contribution in [1.82, 2.24) is 15.6 Å². The van der Waals surface area contributed by atoms with Gasteiger partial charge in [0.05, 0.1) is 4.90 Å². The lowest BCUT2D eigenvalue weighted by molar-refractivity contribution is 0.462. The Morgan fingerprint density at radius 2 is 2.13 bits per heavy atom. The molecule has 1 saturated heterocycles. The summed E-state index contributed by atoms with van der Waals surface area (Å²) in [6, 6.07) is 5.30. The Balaban J connectivity index is 2.24. The average molecular weight is 331 g/mol. The number of aromatic nitrogens is 1. The zero-order valence-electron chi connectivity index (χ0n) is 13.2. The fraction of sp³-hybridized carbons (Fsp3) is 0.353. The van der Waals surface area contributed by atoms with Crippen LogP contribution in [0.3, 0.4) is 0 Å². The van der Waals surface area contributed by atoms with E-state index in [1.807, 2.05) is 6.07 Å². The standard InChI is InChI=1S/C17H21N3O2S/c1-3-13-10-19-11-14-6-4-7-15(16(13)14)23(21,22)17(2)12-18-8-5-9-20-17/h3-4,6-7,10-11,18,20H,1,5,8-9,12H2,2H3/t17-/m0/s1. The van der Waals surface area contributed by atoms with Gasteiger partial charge in [-0.1, -0.05) is 24.8 Å². The molecule has 1 aliphatic heterocycles. The summed E-state index contributed by atoms with van der Waals surface area (Å²) in [6.07, 6.45) is 5.88. The Hall–Kier alpha value is -1.76. The first-order valence-electron chi connectivity index (χ1n) is 7.69. The van der Waals surface area contributed by atoms with Crippen molar-refractivity contribution in [3.8, 4) is 0 Å². The molecule has 0 unspecified atom stereocenters. The summed E-state index contributed by atoms with van der Waals surface area (Å²) in [7, 11) is -3.59. The van der Waals surface area contributed by atoms with E-state index in [1.54, 1.807) is 37.5 Å². The zero-order valence-corrected chi connectivity index (χ0v) is 14.0. The number of nitrogens with zero attached hydrogens (tertiary/aromatic N) is 1. The fourth-order valence-corrected chi connectivity index (χ4v) is 4.83. The molecule has 0 bridgehead atoms. The second kappa shape index (κ2) is 6.03. The molecule has 2 heterocycles. The second-order valence-electron chi connectivity index (χ2n) is 5.98. The lowest BCUT2D eigenvalue weighted by Gasteiger charge is -2.29. The summed E-state index contributed by atoms with van der Waals surface area (Å²) in [5.74, 6) is 0. The van der Waals surface area contributed by atoms with E-state index in [4.69, 9.17) is 0 Å². The van der Waals surface area contributed by atoms with Gasteiger partial charge in [-0.05, 0) is 32.5 Å². The molecule has 6 heteroatoms. The summed E-state index contributed by atoms with van der Waals surface area (Å²) in [4.78, 5) is 3.44. The van der Waals surface area contributed by atoms with Crippen LogP contribution in [0, 0.1) is 0 Å². The second-order valence-corrected chi connectivity index (χ2v) is 8.33. The van der Waals surface area contributed by atoms with Crippen molar-refractivity contribution in [1.29, 1.82) is 0 Å². The van der Waals surface area contributed by atoms with Gasteiger partial charge in [0, 0.05) is 35.3 Å². The number of nitrogens with one attached hydrogen (secondary N) is 2. The summed E-state index contributed by atoms with van der Waals surface area (Å²) in [5.41, 5.74) is 0.729. The topological polar surface area (TPSA) is 71.1 Å². The molecule has 2 N–H and O–H groups in total. The van der Waals surface area contributed by atoms with Gasteiger partial charge in [0.25, 0.3) is 0 Å². The smallest absolute Gasteiger partial charge is 0.198 e. The lowest BCUT2D eigenvalue weighted by atomic mass is 10.1. The third kappa shape index (κ3) is 2.67. The van der Waals surface area contributed by atoms with E-state index < -0.39 is 14.7 Å². The fourth-order valence-electron chi connectivity index (χ4n) is 2.99. The predicted molar refractivity (Wildman–Crippen MR) is 92.9 cm³/mol. The minimum Gasteiger partial charge on any atom is -0.314 e. The molecular formula is C17H21N3O2S. The van der Waals surface area contributed by atoms with E-state index in [2.05, 4.69) is 22.2 Å². The Kier molecular flexibility index (Phi) is 4.23. The molecule has 1 fully saturated rings. The molecule has 23 heavy (non-hydrogen) atoms. The van der Waals surface area contributed by atoms with Crippen molar-refractivity contribution in [3.63, 3.8) is 0 Å². The highest BCUT2D eigenvalue weighted by atomic mass is 32.2. The molecule has 2 aromatic rings. The maximum atomic E-state index is 13.4. The van der Waals surface area contributed by atoms with Gasteiger partial charge in [0.1, 0.15) is 4.87 Å². The molecule has 0 saturated carbocycles. The first-order chi connectivity index (χ1) is 11.0. The summed E-state index contributed by atoms with van der Waals surface area (Å²) in [6.45, 7) is 7.39. The van der Waals surface area contributed by atoms with Gasteiger partial charge >= 0.3 is 0 Å². The molecule has 5 nitrogen and oxygen atoms in total. The molecule has 122 valence electrons. The van der Waals surface area contributed by atoms with Crippen molar-refractivity contribution >= 4 is 26.7 Å². The highest BCUT2D eigenvalue weighted by molar-refractivity contribution is 7.93. The number of fused-ring (bicyclic) bond motifs is 1. The van der Waals surface area contributed by atoms with Crippen LogP contribution >= 0.6 is 0 Å². The van der Waals surface area contributed by atoms with Crippen LogP contribution in [-0.2, 0) is 9.84 Å². The number of hydrogen-bond donors (Lipinski definition) is 2. The Labute approximate surface area is 136 Å². The SMILES string of the molecule is C=Cc1cncc2cccc(S(=O)(=O)[C@@]3(C)CNCCCN3)c12. The predicted octanol–water partition coefficient (Wildman–Crippen LogP) is 1.95. The highest BCUT2D eigenvalue weighted by Gasteiger charge is 2.41. The van der Waals surface area contributed by atoms with Crippen LogP contribution in [0.5, 0.6) is 0 Å². The first kappa shape index (κ1) is 16.1. The zero-order chi connectivity index (χ0) is 16.5. The van der Waals surface area contributed by atoms with Crippen LogP contribution in [0.25, 0.3) is 16.8 Å². The number of benzene rings is 1. The largest absolute Gasteiger partial charge is 0.314 e. The van der Waals surface area contributed by atoms with Crippen LogP contribution in [0.15, 0.2) is 42.1 Å². The number of sulfone groups is 1. The molecule has 1 atom stereocenters. The van der Waals surface area contributed by atoms with Gasteiger partial charge in [-0.25, -0.2) is 8.42 Å². The lowest BCUT2D eigenvalue weighted by Crippen LogP contribution is -2.54. The van der Waals surface area contributed by atoms with Crippen molar-refractivity contribution < 1.29 is 8.42 Å². The Morgan fingerprint density at radius 1 is 1.30 bits per heavy atom. The van der Waals surface area contributed by atoms with E-state index in [0.29, 0.717) is 23.4 Å². The van der Waals surface area contributed by atoms with Gasteiger partial charge in [-0.2, -0.15) is 0 Å². The summed E-state index contributed by atoms with van der Waals surface area (Å²) in [5, 5.41) is 7.91. The molecule has 1 aromatic heterocycles. The monoisotopic (exact) mass is 331 g/mol. The molecule has 1 aromatic carbocycles. The molecule has 0 aliphatic carbocycles. The van der Waals surface area contributed by atoms with Gasteiger partial charge in [0.15, 0.2) is 9.84 Å². The van der Waals surface area contributed by atoms with Crippen LogP contribution in [-0.4, -0.2) is 37.9 Å². The Bertz CT molecular complexity index is 833. The van der Waals surface area contributed by atoms with E-state index in [1.165, 1.54) is 0 Å². The molecule has 3 rings (SSSR count). The highest BCUT2D eigenvalue weighted by Crippen LogP contribution is 2.32. The maximum absolute atomic E-state index is 13.4. The average Bonchev–Trinajstić information content (AvgIpc) is 2.79. The minimum absolute atomic E-state index is 0.325. The summed E-state index contributed by atoms with van der Waals surface area (Å²) < 4.78 is 26.8. The third-order valence-electron chi connectivity index (χ3n) is 4.37. The van der Waals surface area contributed by atoms with E-state index in [9.17, 15) is 8.42 Å². The normalized spacial score (nSPS) is 22.7. The molecule has 0 radical (unpaired) electrons. The van der Waals surface area contributed by atoms with Crippen LogP contribution in [0.1, 0.15) is 18.9 Å². The molecule has 0 spiro atoms. The summed E-state index contributed by atoms with van der Waals surface area (Å²) >= 11 is 0. The van der Waals surface area contributed by atoms with Crippen molar-refractivity contribution in [3.05, 3.63) is 42.7 Å². The Morgan fingerprint density at radius 3 is 2.91 bits per heavy atom. The van der Waals surface area contributed by atoms with Crippen molar-refractivity contribution in [2.45, 2.75) is 23.1 Å². The maximum Gasteiger partial charge on any atom is 0.198 e.